The van der Waals surface area contributed by atoms with Crippen molar-refractivity contribution in [3.63, 3.8) is 0 Å². The number of carbonyl (C=O) groups is 2. The number of benzene rings is 1. The van der Waals surface area contributed by atoms with Crippen LogP contribution in [0, 0.1) is 11.3 Å². The summed E-state index contributed by atoms with van der Waals surface area (Å²) in [5.41, 5.74) is 7.03. The van der Waals surface area contributed by atoms with Crippen LogP contribution in [0.2, 0.25) is 0 Å². The van der Waals surface area contributed by atoms with Crippen LogP contribution in [0.4, 0.5) is 0 Å². The summed E-state index contributed by atoms with van der Waals surface area (Å²) in [6.07, 6.45) is 1.93. The molecular weight excluding hydrogens is 362 g/mol. The molecule has 1 aliphatic heterocycles. The van der Waals surface area contributed by atoms with Crippen LogP contribution in [0.25, 0.3) is 0 Å². The van der Waals surface area contributed by atoms with E-state index < -0.39 is 0 Å². The van der Waals surface area contributed by atoms with E-state index in [0.29, 0.717) is 30.1 Å². The van der Waals surface area contributed by atoms with Gasteiger partial charge in [0.05, 0.1) is 0 Å². The first-order valence-electron chi connectivity index (χ1n) is 9.49. The van der Waals surface area contributed by atoms with Gasteiger partial charge in [-0.15, -0.1) is 12.4 Å². The number of hydrogen-bond acceptors (Lipinski definition) is 3. The van der Waals surface area contributed by atoms with Crippen LogP contribution >= 0.6 is 12.4 Å². The SMILES string of the molecule is CC1CCN(C(=O)c2cccc(C(=O)N(C)CC(C)(C)C)c2)C(CN)C1.Cl. The zero-order chi connectivity index (χ0) is 19.5. The van der Waals surface area contributed by atoms with Gasteiger partial charge in [-0.1, -0.05) is 33.8 Å². The zero-order valence-electron chi connectivity index (χ0n) is 17.2. The Bertz CT molecular complexity index is 657. The molecule has 6 heteroatoms. The summed E-state index contributed by atoms with van der Waals surface area (Å²) < 4.78 is 0. The maximum Gasteiger partial charge on any atom is 0.254 e. The van der Waals surface area contributed by atoms with Gasteiger partial charge in [0, 0.05) is 43.9 Å². The minimum absolute atomic E-state index is 0. The van der Waals surface area contributed by atoms with E-state index in [1.807, 2.05) is 4.90 Å². The fourth-order valence-corrected chi connectivity index (χ4v) is 3.70. The van der Waals surface area contributed by atoms with Gasteiger partial charge in [-0.25, -0.2) is 0 Å². The van der Waals surface area contributed by atoms with Gasteiger partial charge in [-0.05, 0) is 42.4 Å². The van der Waals surface area contributed by atoms with Gasteiger partial charge in [-0.2, -0.15) is 0 Å². The maximum absolute atomic E-state index is 13.0. The summed E-state index contributed by atoms with van der Waals surface area (Å²) in [5, 5.41) is 0. The molecule has 1 aromatic rings. The summed E-state index contributed by atoms with van der Waals surface area (Å²) in [6, 6.07) is 7.14. The topological polar surface area (TPSA) is 66.6 Å². The minimum Gasteiger partial charge on any atom is -0.341 e. The van der Waals surface area contributed by atoms with Gasteiger partial charge in [0.1, 0.15) is 0 Å². The van der Waals surface area contributed by atoms with Crippen molar-refractivity contribution >= 4 is 24.2 Å². The highest BCUT2D eigenvalue weighted by Gasteiger charge is 2.30. The highest BCUT2D eigenvalue weighted by molar-refractivity contribution is 5.99. The average Bonchev–Trinajstić information content (AvgIpc) is 2.59. The summed E-state index contributed by atoms with van der Waals surface area (Å²) >= 11 is 0. The molecule has 0 bridgehead atoms. The Kier molecular flexibility index (Phi) is 8.30. The molecule has 2 atom stereocenters. The smallest absolute Gasteiger partial charge is 0.254 e. The lowest BCUT2D eigenvalue weighted by Gasteiger charge is -2.38. The molecule has 0 spiro atoms. The summed E-state index contributed by atoms with van der Waals surface area (Å²) in [5.74, 6) is 0.504. The molecule has 1 fully saturated rings. The molecule has 27 heavy (non-hydrogen) atoms. The van der Waals surface area contributed by atoms with E-state index in [4.69, 9.17) is 5.73 Å². The Balaban J connectivity index is 0.00000364. The van der Waals surface area contributed by atoms with Crippen molar-refractivity contribution in [2.45, 2.75) is 46.6 Å². The second kappa shape index (κ2) is 9.56. The Morgan fingerprint density at radius 2 is 1.89 bits per heavy atom. The molecule has 0 aliphatic carbocycles. The normalized spacial score (nSPS) is 20.0. The van der Waals surface area contributed by atoms with Crippen molar-refractivity contribution in [2.75, 3.05) is 26.7 Å². The Labute approximate surface area is 169 Å². The number of hydrogen-bond donors (Lipinski definition) is 1. The molecule has 1 aromatic carbocycles. The Morgan fingerprint density at radius 3 is 2.48 bits per heavy atom. The molecular formula is C21H34ClN3O2. The predicted octanol–water partition coefficient (Wildman–Crippen LogP) is 3.43. The largest absolute Gasteiger partial charge is 0.341 e. The molecule has 2 rings (SSSR count). The number of amides is 2. The molecule has 0 saturated carbocycles. The quantitative estimate of drug-likeness (QED) is 0.849. The van der Waals surface area contributed by atoms with Crippen molar-refractivity contribution in [1.82, 2.24) is 9.80 Å². The van der Waals surface area contributed by atoms with Crippen LogP contribution in [0.5, 0.6) is 0 Å². The predicted molar refractivity (Wildman–Crippen MR) is 112 cm³/mol. The fourth-order valence-electron chi connectivity index (χ4n) is 3.70. The van der Waals surface area contributed by atoms with Crippen LogP contribution in [0.3, 0.4) is 0 Å². The number of nitrogens with zero attached hydrogens (tertiary/aromatic N) is 2. The third-order valence-corrected chi connectivity index (χ3v) is 4.93. The first-order valence-corrected chi connectivity index (χ1v) is 9.49. The monoisotopic (exact) mass is 395 g/mol. The molecule has 2 unspecified atom stereocenters. The van der Waals surface area contributed by atoms with Gasteiger partial charge < -0.3 is 15.5 Å². The van der Waals surface area contributed by atoms with Crippen LogP contribution in [-0.2, 0) is 0 Å². The summed E-state index contributed by atoms with van der Waals surface area (Å²) in [6.45, 7) is 10.4. The number of piperidine rings is 1. The van der Waals surface area contributed by atoms with E-state index in [9.17, 15) is 9.59 Å². The lowest BCUT2D eigenvalue weighted by atomic mass is 9.91. The zero-order valence-corrected chi connectivity index (χ0v) is 18.0. The highest BCUT2D eigenvalue weighted by atomic mass is 35.5. The van der Waals surface area contributed by atoms with Crippen molar-refractivity contribution in [1.29, 1.82) is 0 Å². The second-order valence-electron chi connectivity index (χ2n) is 8.82. The Hall–Kier alpha value is -1.59. The van der Waals surface area contributed by atoms with Crippen molar-refractivity contribution in [3.8, 4) is 0 Å². The molecule has 152 valence electrons. The van der Waals surface area contributed by atoms with E-state index in [0.717, 1.165) is 19.4 Å². The van der Waals surface area contributed by atoms with Gasteiger partial charge in [0.25, 0.3) is 11.8 Å². The van der Waals surface area contributed by atoms with Crippen LogP contribution in [0.15, 0.2) is 24.3 Å². The van der Waals surface area contributed by atoms with E-state index in [-0.39, 0.29) is 35.7 Å². The maximum atomic E-state index is 13.0. The van der Waals surface area contributed by atoms with E-state index >= 15 is 0 Å². The van der Waals surface area contributed by atoms with E-state index in [1.54, 1.807) is 36.2 Å². The molecule has 0 aromatic heterocycles. The lowest BCUT2D eigenvalue weighted by Crippen LogP contribution is -2.49. The first kappa shape index (κ1) is 23.4. The van der Waals surface area contributed by atoms with Crippen LogP contribution < -0.4 is 5.73 Å². The first-order chi connectivity index (χ1) is 12.1. The molecule has 1 aliphatic rings. The van der Waals surface area contributed by atoms with Gasteiger partial charge in [-0.3, -0.25) is 9.59 Å². The van der Waals surface area contributed by atoms with Crippen molar-refractivity contribution < 1.29 is 9.59 Å². The van der Waals surface area contributed by atoms with E-state index in [2.05, 4.69) is 27.7 Å². The van der Waals surface area contributed by atoms with Gasteiger partial charge >= 0.3 is 0 Å². The third-order valence-electron chi connectivity index (χ3n) is 4.93. The standard InChI is InChI=1S/C21H33N3O2.ClH/c1-15-9-10-24(18(11-15)13-22)20(26)17-8-6-7-16(12-17)19(25)23(5)14-21(2,3)4;/h6-8,12,15,18H,9-11,13-14,22H2,1-5H3;1H. The van der Waals surface area contributed by atoms with Gasteiger partial charge in [0.2, 0.25) is 0 Å². The number of halogens is 1. The molecule has 2 N–H and O–H groups in total. The van der Waals surface area contributed by atoms with Crippen LogP contribution in [-0.4, -0.2) is 54.3 Å². The van der Waals surface area contributed by atoms with Crippen LogP contribution in [0.1, 0.15) is 61.3 Å². The fraction of sp³-hybridized carbons (Fsp3) is 0.619. The number of rotatable bonds is 4. The third kappa shape index (κ3) is 6.22. The lowest BCUT2D eigenvalue weighted by molar-refractivity contribution is 0.0573. The molecule has 1 saturated heterocycles. The van der Waals surface area contributed by atoms with E-state index in [1.165, 1.54) is 0 Å². The second-order valence-corrected chi connectivity index (χ2v) is 8.82. The number of likely N-dealkylation sites (tertiary alicyclic amines) is 1. The molecule has 2 amide bonds. The minimum atomic E-state index is -0.0581. The highest BCUT2D eigenvalue weighted by Crippen LogP contribution is 2.24. The number of nitrogens with two attached hydrogens (primary N) is 1. The molecule has 5 nitrogen and oxygen atoms in total. The summed E-state index contributed by atoms with van der Waals surface area (Å²) in [7, 11) is 1.80. The van der Waals surface area contributed by atoms with Gasteiger partial charge in [0.15, 0.2) is 0 Å². The van der Waals surface area contributed by atoms with Crippen molar-refractivity contribution in [3.05, 3.63) is 35.4 Å². The molecule has 1 heterocycles. The average molecular weight is 396 g/mol. The number of carbonyl (C=O) groups excluding carboxylic acids is 2. The summed E-state index contributed by atoms with van der Waals surface area (Å²) in [4.78, 5) is 29.3. The van der Waals surface area contributed by atoms with Crippen molar-refractivity contribution in [2.24, 2.45) is 17.1 Å². The molecule has 0 radical (unpaired) electrons. The Morgan fingerprint density at radius 1 is 1.26 bits per heavy atom.